The summed E-state index contributed by atoms with van der Waals surface area (Å²) in [6.45, 7) is 9.25. The van der Waals surface area contributed by atoms with Gasteiger partial charge in [-0.3, -0.25) is 34.6 Å². The maximum Gasteiger partial charge on any atom is 0.326 e. The van der Waals surface area contributed by atoms with Crippen molar-refractivity contribution >= 4 is 51.5 Å². The fourth-order valence-electron chi connectivity index (χ4n) is 6.15. The second-order valence-corrected chi connectivity index (χ2v) is 15.9. The van der Waals surface area contributed by atoms with E-state index in [1.807, 2.05) is 26.8 Å². The highest BCUT2D eigenvalue weighted by atomic mass is 16.6. The predicted octanol–water partition coefficient (Wildman–Crippen LogP) is 5.66. The molecule has 0 radical (unpaired) electrons. The van der Waals surface area contributed by atoms with Crippen LogP contribution < -0.4 is 26.0 Å². The molecule has 0 bridgehead atoms. The number of fused-ring (bicyclic) bond motifs is 1. The van der Waals surface area contributed by atoms with Crippen LogP contribution in [0.15, 0.2) is 72.9 Å². The van der Waals surface area contributed by atoms with Crippen LogP contribution in [0.25, 0.3) is 10.8 Å². The normalized spacial score (nSPS) is 11.7. The van der Waals surface area contributed by atoms with Gasteiger partial charge in [0.25, 0.3) is 23.2 Å². The van der Waals surface area contributed by atoms with E-state index in [9.17, 15) is 44.5 Å². The molecule has 0 aliphatic heterocycles. The standard InChI is InChI=1S/C45H57N7O14/c1-45(2,3)17-15-37(44(56)57)50-42(54)31-11-14-41(49-30-31)66-39-10-5-7-33-34(39)8-4-9-35(33)43(55)48-19-6-18-47-40(53)16-21-62-23-25-64-27-28-65-26-24-63-22-20-46-36-13-12-32(51(58)59)29-38(36)52(60)61/h4-5,7-14,29-30,37,46H,6,15-28H2,1-3H3,(H,47,53)(H,48,55)(H,50,54)(H,56,57)/t37-/m0/s1. The van der Waals surface area contributed by atoms with Crippen molar-refractivity contribution in [2.45, 2.75) is 52.5 Å². The minimum absolute atomic E-state index is 0.0853. The van der Waals surface area contributed by atoms with E-state index < -0.39 is 33.5 Å². The average Bonchev–Trinajstić information content (AvgIpc) is 3.28. The third-order valence-corrected chi connectivity index (χ3v) is 9.63. The van der Waals surface area contributed by atoms with Crippen molar-refractivity contribution in [1.29, 1.82) is 0 Å². The molecule has 5 N–H and O–H groups in total. The van der Waals surface area contributed by atoms with Gasteiger partial charge in [-0.15, -0.1) is 0 Å². The summed E-state index contributed by atoms with van der Waals surface area (Å²) in [5.41, 5.74) is -0.0715. The molecule has 0 aliphatic carbocycles. The summed E-state index contributed by atoms with van der Waals surface area (Å²) in [4.78, 5) is 74.9. The number of non-ortho nitro benzene ring substituents is 1. The van der Waals surface area contributed by atoms with Gasteiger partial charge in [0.1, 0.15) is 17.5 Å². The first-order chi connectivity index (χ1) is 31.6. The number of carboxylic acid groups (broad SMARTS) is 1. The minimum Gasteiger partial charge on any atom is -0.480 e. The number of hydrogen-bond acceptors (Lipinski definition) is 15. The van der Waals surface area contributed by atoms with E-state index >= 15 is 0 Å². The molecule has 1 atom stereocenters. The van der Waals surface area contributed by atoms with Gasteiger partial charge < -0.3 is 50.1 Å². The summed E-state index contributed by atoms with van der Waals surface area (Å²) in [7, 11) is 0. The summed E-state index contributed by atoms with van der Waals surface area (Å²) in [5.74, 6) is -1.50. The maximum absolute atomic E-state index is 13.2. The number of nitrogens with one attached hydrogen (secondary N) is 4. The molecule has 0 spiro atoms. The van der Waals surface area contributed by atoms with Crippen LogP contribution in [0.4, 0.5) is 17.1 Å². The van der Waals surface area contributed by atoms with E-state index in [1.165, 1.54) is 30.5 Å². The number of amides is 3. The number of pyridine rings is 1. The summed E-state index contributed by atoms with van der Waals surface area (Å²) < 4.78 is 27.8. The Kier molecular flexibility index (Phi) is 21.1. The zero-order valence-corrected chi connectivity index (χ0v) is 37.2. The van der Waals surface area contributed by atoms with Gasteiger partial charge in [0.2, 0.25) is 11.8 Å². The Morgan fingerprint density at radius 2 is 1.39 bits per heavy atom. The van der Waals surface area contributed by atoms with Gasteiger partial charge in [-0.1, -0.05) is 45.0 Å². The number of aromatic nitrogens is 1. The van der Waals surface area contributed by atoms with Crippen molar-refractivity contribution in [3.63, 3.8) is 0 Å². The number of nitrogens with zero attached hydrogens (tertiary/aromatic N) is 3. The zero-order chi connectivity index (χ0) is 47.9. The maximum atomic E-state index is 13.2. The Hall–Kier alpha value is -6.81. The largest absolute Gasteiger partial charge is 0.480 e. The SMILES string of the molecule is CC(C)(C)CC[C@H](NC(=O)c1ccc(Oc2cccc3c(C(=O)NCCCNC(=O)CCOCCOCCOCCOCCNc4ccc([N+](=O)[O-])cc4[N+](=O)[O-])cccc23)nc1)C(=O)O. The molecule has 1 aromatic heterocycles. The van der Waals surface area contributed by atoms with Crippen LogP contribution in [0.2, 0.25) is 0 Å². The molecule has 21 heteroatoms. The molecular formula is C45H57N7O14. The summed E-state index contributed by atoms with van der Waals surface area (Å²) in [6, 6.07) is 15.9. The summed E-state index contributed by atoms with van der Waals surface area (Å²) in [5, 5.41) is 44.1. The number of nitro groups is 2. The Balaban J connectivity index is 1.03. The monoisotopic (exact) mass is 919 g/mol. The Bertz CT molecular complexity index is 2250. The number of aliphatic carboxylic acids is 1. The molecule has 4 rings (SSSR count). The molecule has 66 heavy (non-hydrogen) atoms. The van der Waals surface area contributed by atoms with Crippen molar-refractivity contribution < 1.29 is 57.8 Å². The van der Waals surface area contributed by atoms with E-state index in [2.05, 4.69) is 26.3 Å². The second kappa shape index (κ2) is 26.9. The molecular weight excluding hydrogens is 863 g/mol. The fourth-order valence-corrected chi connectivity index (χ4v) is 6.15. The molecule has 0 saturated heterocycles. The number of anilines is 1. The quantitative estimate of drug-likeness (QED) is 0.0240. The number of nitro benzene ring substituents is 2. The van der Waals surface area contributed by atoms with Crippen LogP contribution in [0.5, 0.6) is 11.6 Å². The van der Waals surface area contributed by atoms with E-state index in [4.69, 9.17) is 23.7 Å². The minimum atomic E-state index is -1.11. The first-order valence-electron chi connectivity index (χ1n) is 21.3. The molecule has 0 saturated carbocycles. The van der Waals surface area contributed by atoms with Crippen molar-refractivity contribution in [3.8, 4) is 11.6 Å². The summed E-state index contributed by atoms with van der Waals surface area (Å²) in [6.07, 6.45) is 2.88. The number of rotatable bonds is 30. The first-order valence-corrected chi connectivity index (χ1v) is 21.3. The van der Waals surface area contributed by atoms with Gasteiger partial charge in [-0.05, 0) is 54.3 Å². The van der Waals surface area contributed by atoms with Gasteiger partial charge in [0.05, 0.1) is 74.3 Å². The average molecular weight is 920 g/mol. The highest BCUT2D eigenvalue weighted by Gasteiger charge is 2.24. The number of carbonyl (C=O) groups is 4. The topological polar surface area (TPSA) is 282 Å². The van der Waals surface area contributed by atoms with Crippen LogP contribution in [0, 0.1) is 25.6 Å². The van der Waals surface area contributed by atoms with Gasteiger partial charge >= 0.3 is 5.97 Å². The number of carboxylic acids is 1. The van der Waals surface area contributed by atoms with Crippen molar-refractivity contribution in [2.24, 2.45) is 5.41 Å². The molecule has 3 amide bonds. The lowest BCUT2D eigenvalue weighted by atomic mass is 9.88. The molecule has 356 valence electrons. The van der Waals surface area contributed by atoms with Crippen molar-refractivity contribution in [2.75, 3.05) is 77.8 Å². The molecule has 0 fully saturated rings. The Morgan fingerprint density at radius 1 is 0.742 bits per heavy atom. The highest BCUT2D eigenvalue weighted by molar-refractivity contribution is 6.08. The number of benzene rings is 3. The first kappa shape index (κ1) is 51.8. The molecule has 0 unspecified atom stereocenters. The fraction of sp³-hybridized carbons (Fsp3) is 0.444. The summed E-state index contributed by atoms with van der Waals surface area (Å²) >= 11 is 0. The third-order valence-electron chi connectivity index (χ3n) is 9.63. The van der Waals surface area contributed by atoms with Crippen LogP contribution in [-0.4, -0.2) is 122 Å². The molecule has 1 heterocycles. The molecule has 4 aromatic rings. The molecule has 21 nitrogen and oxygen atoms in total. The van der Waals surface area contributed by atoms with E-state index in [0.717, 1.165) is 6.07 Å². The van der Waals surface area contributed by atoms with Crippen molar-refractivity contribution in [3.05, 3.63) is 104 Å². The van der Waals surface area contributed by atoms with Gasteiger partial charge in [-0.25, -0.2) is 9.78 Å². The lowest BCUT2D eigenvalue weighted by Crippen LogP contribution is -2.41. The Morgan fingerprint density at radius 3 is 2.03 bits per heavy atom. The highest BCUT2D eigenvalue weighted by Crippen LogP contribution is 2.32. The molecule has 3 aromatic carbocycles. The van der Waals surface area contributed by atoms with E-state index in [0.29, 0.717) is 87.5 Å². The van der Waals surface area contributed by atoms with E-state index in [1.54, 1.807) is 30.3 Å². The number of ether oxygens (including phenoxy) is 5. The molecule has 0 aliphatic rings. The van der Waals surface area contributed by atoms with Crippen LogP contribution in [-0.2, 0) is 28.5 Å². The van der Waals surface area contributed by atoms with Crippen LogP contribution >= 0.6 is 0 Å². The Labute approximate surface area is 381 Å². The van der Waals surface area contributed by atoms with Gasteiger partial charge in [0.15, 0.2) is 0 Å². The van der Waals surface area contributed by atoms with E-state index in [-0.39, 0.29) is 72.8 Å². The third kappa shape index (κ3) is 18.0. The van der Waals surface area contributed by atoms with Crippen molar-refractivity contribution in [1.82, 2.24) is 20.9 Å². The lowest BCUT2D eigenvalue weighted by molar-refractivity contribution is -0.393. The number of hydrogen-bond donors (Lipinski definition) is 5. The lowest BCUT2D eigenvalue weighted by Gasteiger charge is -2.21. The zero-order valence-electron chi connectivity index (χ0n) is 37.2. The van der Waals surface area contributed by atoms with Crippen LogP contribution in [0.3, 0.4) is 0 Å². The van der Waals surface area contributed by atoms with Gasteiger partial charge in [0, 0.05) is 55.3 Å². The predicted molar refractivity (Wildman–Crippen MR) is 242 cm³/mol. The number of carbonyl (C=O) groups excluding carboxylic acids is 3. The smallest absolute Gasteiger partial charge is 0.326 e. The second-order valence-electron chi connectivity index (χ2n) is 15.9. The van der Waals surface area contributed by atoms with Gasteiger partial charge in [-0.2, -0.15) is 0 Å². The van der Waals surface area contributed by atoms with Crippen LogP contribution in [0.1, 0.15) is 67.2 Å².